The van der Waals surface area contributed by atoms with Gasteiger partial charge in [-0.25, -0.2) is 4.98 Å². The fraction of sp³-hybridized carbons (Fsp3) is 0.400. The summed E-state index contributed by atoms with van der Waals surface area (Å²) in [4.78, 5) is 19.6. The van der Waals surface area contributed by atoms with Crippen LogP contribution < -0.4 is 10.6 Å². The maximum absolute atomic E-state index is 11.3. The Bertz CT molecular complexity index is 692. The minimum atomic E-state index is -0.115. The number of nitrogens with zero attached hydrogens (tertiary/aromatic N) is 2. The molecule has 3 rings (SSSR count). The predicted octanol–water partition coefficient (Wildman–Crippen LogP) is 2.90. The normalized spacial score (nSPS) is 21.5. The molecule has 2 N–H and O–H groups in total. The van der Waals surface area contributed by atoms with E-state index in [9.17, 15) is 4.79 Å². The number of rotatable bonds is 4. The number of furan rings is 1. The summed E-state index contributed by atoms with van der Waals surface area (Å²) in [6.45, 7) is 3.47. The van der Waals surface area contributed by atoms with Gasteiger partial charge in [0.25, 0.3) is 0 Å². The molecule has 0 aromatic carbocycles. The van der Waals surface area contributed by atoms with Crippen molar-refractivity contribution >= 4 is 34.4 Å². The first-order valence-electron chi connectivity index (χ1n) is 7.26. The third kappa shape index (κ3) is 3.22. The maximum atomic E-state index is 11.3. The summed E-state index contributed by atoms with van der Waals surface area (Å²) in [6, 6.07) is 2.24. The Hall–Kier alpha value is -2.08. The van der Waals surface area contributed by atoms with E-state index in [1.807, 2.05) is 0 Å². The van der Waals surface area contributed by atoms with Crippen molar-refractivity contribution in [3.63, 3.8) is 0 Å². The second-order valence-electron chi connectivity index (χ2n) is 5.38. The average Bonchev–Trinajstić information content (AvgIpc) is 2.97. The molecule has 2 aromatic rings. The van der Waals surface area contributed by atoms with Crippen LogP contribution in [0.25, 0.3) is 11.1 Å². The van der Waals surface area contributed by atoms with E-state index in [4.69, 9.17) is 16.0 Å². The smallest absolute Gasteiger partial charge is 0.243 e. The second-order valence-corrected chi connectivity index (χ2v) is 5.72. The van der Waals surface area contributed by atoms with Gasteiger partial charge in [-0.05, 0) is 43.4 Å². The fourth-order valence-corrected chi connectivity index (χ4v) is 2.94. The lowest BCUT2D eigenvalue weighted by Gasteiger charge is -2.29. The standard InChI is InChI=1S/C15H17ClN4O2/c1-2-12(21)17-9-3-5-10(6-4-9)18-14-13-11(7-8-22-13)19-15(16)20-14/h2,7-10H,1,3-6H2,(H,17,21)(H,18,19,20). The average molecular weight is 321 g/mol. The number of hydrogen-bond acceptors (Lipinski definition) is 5. The van der Waals surface area contributed by atoms with E-state index < -0.39 is 0 Å². The quantitative estimate of drug-likeness (QED) is 0.669. The van der Waals surface area contributed by atoms with Gasteiger partial charge in [0.1, 0.15) is 5.52 Å². The molecule has 1 amide bonds. The Balaban J connectivity index is 1.63. The van der Waals surface area contributed by atoms with Gasteiger partial charge in [0.2, 0.25) is 11.2 Å². The molecule has 2 heterocycles. The monoisotopic (exact) mass is 320 g/mol. The topological polar surface area (TPSA) is 80.0 Å². The molecule has 7 heteroatoms. The Morgan fingerprint density at radius 1 is 1.32 bits per heavy atom. The lowest BCUT2D eigenvalue weighted by Crippen LogP contribution is -2.39. The number of aromatic nitrogens is 2. The van der Waals surface area contributed by atoms with Crippen molar-refractivity contribution < 1.29 is 9.21 Å². The molecule has 0 atom stereocenters. The van der Waals surface area contributed by atoms with Crippen LogP contribution in [-0.2, 0) is 4.79 Å². The fourth-order valence-electron chi connectivity index (χ4n) is 2.77. The largest absolute Gasteiger partial charge is 0.459 e. The Morgan fingerprint density at radius 3 is 2.77 bits per heavy atom. The highest BCUT2D eigenvalue weighted by Gasteiger charge is 2.23. The first-order valence-corrected chi connectivity index (χ1v) is 7.63. The summed E-state index contributed by atoms with van der Waals surface area (Å²) < 4.78 is 5.42. The summed E-state index contributed by atoms with van der Waals surface area (Å²) in [5.41, 5.74) is 1.31. The molecule has 22 heavy (non-hydrogen) atoms. The first kappa shape index (κ1) is 14.8. The van der Waals surface area contributed by atoms with Gasteiger partial charge < -0.3 is 15.1 Å². The zero-order valence-electron chi connectivity index (χ0n) is 12.0. The van der Waals surface area contributed by atoms with Crippen molar-refractivity contribution in [2.24, 2.45) is 0 Å². The van der Waals surface area contributed by atoms with Crippen LogP contribution in [0, 0.1) is 0 Å². The van der Waals surface area contributed by atoms with Crippen LogP contribution in [-0.4, -0.2) is 28.0 Å². The third-order valence-electron chi connectivity index (χ3n) is 3.88. The molecule has 0 spiro atoms. The molecule has 116 valence electrons. The molecule has 0 bridgehead atoms. The Kier molecular flexibility index (Phi) is 4.29. The van der Waals surface area contributed by atoms with Gasteiger partial charge in [-0.3, -0.25) is 4.79 Å². The van der Waals surface area contributed by atoms with Crippen LogP contribution in [0.4, 0.5) is 5.82 Å². The van der Waals surface area contributed by atoms with Gasteiger partial charge >= 0.3 is 0 Å². The SMILES string of the molecule is C=CC(=O)NC1CCC(Nc2nc(Cl)nc3ccoc23)CC1. The van der Waals surface area contributed by atoms with E-state index in [0.29, 0.717) is 16.9 Å². The number of carbonyl (C=O) groups is 1. The first-order chi connectivity index (χ1) is 10.7. The minimum Gasteiger partial charge on any atom is -0.459 e. The molecule has 0 saturated heterocycles. The molecule has 2 aromatic heterocycles. The number of carbonyl (C=O) groups excluding carboxylic acids is 1. The maximum Gasteiger partial charge on any atom is 0.243 e. The van der Waals surface area contributed by atoms with E-state index in [2.05, 4.69) is 27.2 Å². The van der Waals surface area contributed by atoms with Crippen molar-refractivity contribution in [2.45, 2.75) is 37.8 Å². The molecule has 1 saturated carbocycles. The van der Waals surface area contributed by atoms with Crippen LogP contribution in [0.3, 0.4) is 0 Å². The summed E-state index contributed by atoms with van der Waals surface area (Å²) in [7, 11) is 0. The molecular weight excluding hydrogens is 304 g/mol. The van der Waals surface area contributed by atoms with Gasteiger partial charge in [-0.2, -0.15) is 4.98 Å². The van der Waals surface area contributed by atoms with Crippen LogP contribution in [0.5, 0.6) is 0 Å². The summed E-state index contributed by atoms with van der Waals surface area (Å²) >= 11 is 5.93. The number of fused-ring (bicyclic) bond motifs is 1. The lowest BCUT2D eigenvalue weighted by molar-refractivity contribution is -0.117. The summed E-state index contributed by atoms with van der Waals surface area (Å²) in [6.07, 6.45) is 6.58. The number of hydrogen-bond donors (Lipinski definition) is 2. The second kappa shape index (κ2) is 6.36. The van der Waals surface area contributed by atoms with Crippen molar-refractivity contribution in [1.29, 1.82) is 0 Å². The molecule has 0 unspecified atom stereocenters. The minimum absolute atomic E-state index is 0.115. The van der Waals surface area contributed by atoms with E-state index in [1.165, 1.54) is 6.08 Å². The lowest BCUT2D eigenvalue weighted by atomic mass is 9.91. The van der Waals surface area contributed by atoms with Crippen molar-refractivity contribution in [1.82, 2.24) is 15.3 Å². The van der Waals surface area contributed by atoms with Crippen molar-refractivity contribution in [2.75, 3.05) is 5.32 Å². The number of nitrogens with one attached hydrogen (secondary N) is 2. The molecule has 1 aliphatic carbocycles. The van der Waals surface area contributed by atoms with Gasteiger partial charge in [0, 0.05) is 18.2 Å². The summed E-state index contributed by atoms with van der Waals surface area (Å²) in [5.74, 6) is 0.509. The van der Waals surface area contributed by atoms with E-state index >= 15 is 0 Å². The van der Waals surface area contributed by atoms with Crippen molar-refractivity contribution in [3.8, 4) is 0 Å². The highest BCUT2D eigenvalue weighted by Crippen LogP contribution is 2.27. The van der Waals surface area contributed by atoms with E-state index in [-0.39, 0.29) is 23.3 Å². The molecule has 0 radical (unpaired) electrons. The van der Waals surface area contributed by atoms with Crippen LogP contribution in [0.15, 0.2) is 29.4 Å². The number of halogens is 1. The third-order valence-corrected chi connectivity index (χ3v) is 4.05. The van der Waals surface area contributed by atoms with Crippen LogP contribution in [0.1, 0.15) is 25.7 Å². The van der Waals surface area contributed by atoms with Crippen molar-refractivity contribution in [3.05, 3.63) is 30.3 Å². The summed E-state index contributed by atoms with van der Waals surface area (Å²) in [5, 5.41) is 6.51. The Morgan fingerprint density at radius 2 is 2.05 bits per heavy atom. The number of amides is 1. The molecular formula is C15H17ClN4O2. The Labute approximate surface area is 133 Å². The van der Waals surface area contributed by atoms with E-state index in [0.717, 1.165) is 25.7 Å². The zero-order valence-corrected chi connectivity index (χ0v) is 12.8. The van der Waals surface area contributed by atoms with Gasteiger partial charge in [0.15, 0.2) is 11.4 Å². The predicted molar refractivity (Wildman–Crippen MR) is 84.8 cm³/mol. The molecule has 1 fully saturated rings. The zero-order chi connectivity index (χ0) is 15.5. The van der Waals surface area contributed by atoms with Gasteiger partial charge in [0.05, 0.1) is 6.26 Å². The molecule has 1 aliphatic rings. The van der Waals surface area contributed by atoms with Gasteiger partial charge in [-0.15, -0.1) is 0 Å². The van der Waals surface area contributed by atoms with Gasteiger partial charge in [-0.1, -0.05) is 6.58 Å². The number of anilines is 1. The van der Waals surface area contributed by atoms with Crippen LogP contribution in [0.2, 0.25) is 5.28 Å². The highest BCUT2D eigenvalue weighted by atomic mass is 35.5. The van der Waals surface area contributed by atoms with Crippen LogP contribution >= 0.6 is 11.6 Å². The highest BCUT2D eigenvalue weighted by molar-refractivity contribution is 6.28. The van der Waals surface area contributed by atoms with E-state index in [1.54, 1.807) is 12.3 Å². The molecule has 6 nitrogen and oxygen atoms in total. The molecule has 0 aliphatic heterocycles.